The molecule has 3 nitrogen and oxygen atoms in total. The van der Waals surface area contributed by atoms with Crippen LogP contribution in [0, 0.1) is 0 Å². The summed E-state index contributed by atoms with van der Waals surface area (Å²) in [6.07, 6.45) is 0. The summed E-state index contributed by atoms with van der Waals surface area (Å²) in [4.78, 5) is 4.33. The smallest absolute Gasteiger partial charge is 0.236 e. The molecule has 0 fully saturated rings. The van der Waals surface area contributed by atoms with Crippen molar-refractivity contribution in [2.75, 3.05) is 5.75 Å². The molecule has 0 aliphatic rings. The van der Waals surface area contributed by atoms with Crippen molar-refractivity contribution in [3.8, 4) is 11.4 Å². The summed E-state index contributed by atoms with van der Waals surface area (Å²) in [7, 11) is 0. The van der Waals surface area contributed by atoms with Gasteiger partial charge in [-0.25, -0.2) is 0 Å². The average Bonchev–Trinajstić information content (AvgIpc) is 2.76. The second-order valence-electron chi connectivity index (χ2n) is 3.16. The Labute approximate surface area is 107 Å². The van der Waals surface area contributed by atoms with Gasteiger partial charge in [-0.15, -0.1) is 0 Å². The van der Waals surface area contributed by atoms with E-state index in [1.807, 2.05) is 24.3 Å². The Hall–Kier alpha value is -0.810. The second kappa shape index (κ2) is 5.50. The van der Waals surface area contributed by atoms with Crippen molar-refractivity contribution in [1.29, 1.82) is 0 Å². The molecule has 2 rings (SSSR count). The first kappa shape index (κ1) is 11.7. The van der Waals surface area contributed by atoms with Gasteiger partial charge in [-0.2, -0.15) is 16.7 Å². The number of hydrogen-bond acceptors (Lipinski definition) is 4. The van der Waals surface area contributed by atoms with Crippen molar-refractivity contribution in [2.24, 2.45) is 0 Å². The first-order chi connectivity index (χ1) is 7.79. The molecule has 1 aromatic heterocycles. The Morgan fingerprint density at radius 1 is 1.31 bits per heavy atom. The van der Waals surface area contributed by atoms with Gasteiger partial charge in [0.2, 0.25) is 11.7 Å². The first-order valence-corrected chi connectivity index (χ1v) is 6.90. The lowest BCUT2D eigenvalue weighted by atomic mass is 10.2. The van der Waals surface area contributed by atoms with Gasteiger partial charge in [0.1, 0.15) is 0 Å². The van der Waals surface area contributed by atoms with Crippen LogP contribution >= 0.6 is 27.7 Å². The minimum absolute atomic E-state index is 0.652. The maximum atomic E-state index is 5.16. The van der Waals surface area contributed by atoms with Gasteiger partial charge < -0.3 is 4.52 Å². The van der Waals surface area contributed by atoms with Gasteiger partial charge >= 0.3 is 0 Å². The van der Waals surface area contributed by atoms with Crippen LogP contribution in [0.4, 0.5) is 0 Å². The Morgan fingerprint density at radius 3 is 2.75 bits per heavy atom. The zero-order valence-electron chi connectivity index (χ0n) is 8.81. The highest BCUT2D eigenvalue weighted by atomic mass is 79.9. The van der Waals surface area contributed by atoms with Crippen LogP contribution in [0.5, 0.6) is 0 Å². The van der Waals surface area contributed by atoms with Gasteiger partial charge in [-0.3, -0.25) is 0 Å². The molecule has 0 unspecified atom stereocenters. The molecule has 0 amide bonds. The van der Waals surface area contributed by atoms with E-state index in [-0.39, 0.29) is 0 Å². The van der Waals surface area contributed by atoms with Crippen molar-refractivity contribution in [1.82, 2.24) is 10.1 Å². The van der Waals surface area contributed by atoms with E-state index in [2.05, 4.69) is 33.0 Å². The van der Waals surface area contributed by atoms with E-state index in [9.17, 15) is 0 Å². The highest BCUT2D eigenvalue weighted by molar-refractivity contribution is 9.10. The van der Waals surface area contributed by atoms with Gasteiger partial charge in [0.15, 0.2) is 0 Å². The minimum Gasteiger partial charge on any atom is -0.338 e. The predicted octanol–water partition coefficient (Wildman–Crippen LogP) is 3.75. The van der Waals surface area contributed by atoms with Crippen LogP contribution in [0.1, 0.15) is 12.8 Å². The molecular formula is C11H11BrN2OS. The van der Waals surface area contributed by atoms with Gasteiger partial charge in [-0.1, -0.05) is 28.0 Å². The van der Waals surface area contributed by atoms with Crippen molar-refractivity contribution in [2.45, 2.75) is 12.7 Å². The summed E-state index contributed by atoms with van der Waals surface area (Å²) in [5.74, 6) is 3.17. The van der Waals surface area contributed by atoms with Crippen molar-refractivity contribution in [3.05, 3.63) is 34.6 Å². The van der Waals surface area contributed by atoms with Gasteiger partial charge in [0.25, 0.3) is 0 Å². The summed E-state index contributed by atoms with van der Waals surface area (Å²) in [6, 6.07) is 7.86. The zero-order valence-corrected chi connectivity index (χ0v) is 11.2. The number of hydrogen-bond donors (Lipinski definition) is 0. The van der Waals surface area contributed by atoms with Crippen LogP contribution in [-0.2, 0) is 5.75 Å². The molecule has 0 aliphatic heterocycles. The van der Waals surface area contributed by atoms with Crippen LogP contribution in [0.2, 0.25) is 0 Å². The molecule has 84 valence electrons. The highest BCUT2D eigenvalue weighted by Crippen LogP contribution is 2.20. The van der Waals surface area contributed by atoms with E-state index >= 15 is 0 Å². The number of halogens is 1. The molecule has 0 aliphatic carbocycles. The summed E-state index contributed by atoms with van der Waals surface area (Å²) < 4.78 is 6.20. The van der Waals surface area contributed by atoms with E-state index in [0.29, 0.717) is 11.7 Å². The molecule has 2 aromatic rings. The maximum absolute atomic E-state index is 5.16. The van der Waals surface area contributed by atoms with Gasteiger partial charge in [-0.05, 0) is 30.0 Å². The summed E-state index contributed by atoms with van der Waals surface area (Å²) in [5.41, 5.74) is 0.972. The molecule has 0 radical (unpaired) electrons. The Kier molecular flexibility index (Phi) is 4.01. The third-order valence-corrected chi connectivity index (χ3v) is 3.39. The number of aromatic nitrogens is 2. The normalized spacial score (nSPS) is 10.6. The molecule has 16 heavy (non-hydrogen) atoms. The van der Waals surface area contributed by atoms with E-state index in [4.69, 9.17) is 4.52 Å². The standard InChI is InChI=1S/C11H11BrN2OS/c1-2-16-7-10-13-11(14-15-10)8-3-5-9(12)6-4-8/h3-6H,2,7H2,1H3. The summed E-state index contributed by atoms with van der Waals surface area (Å²) >= 11 is 5.16. The summed E-state index contributed by atoms with van der Waals surface area (Å²) in [6.45, 7) is 2.11. The monoisotopic (exact) mass is 298 g/mol. The van der Waals surface area contributed by atoms with Crippen LogP contribution in [0.15, 0.2) is 33.3 Å². The van der Waals surface area contributed by atoms with Crippen LogP contribution < -0.4 is 0 Å². The molecule has 0 saturated carbocycles. The number of thioether (sulfide) groups is 1. The van der Waals surface area contributed by atoms with Gasteiger partial charge in [0, 0.05) is 10.0 Å². The molecule has 0 bridgehead atoms. The second-order valence-corrected chi connectivity index (χ2v) is 5.35. The first-order valence-electron chi connectivity index (χ1n) is 4.96. The third kappa shape index (κ3) is 2.86. The molecule has 1 heterocycles. The SMILES string of the molecule is CCSCc1nc(-c2ccc(Br)cc2)no1. The quantitative estimate of drug-likeness (QED) is 0.862. The minimum atomic E-state index is 0.652. The van der Waals surface area contributed by atoms with Crippen molar-refractivity contribution < 1.29 is 4.52 Å². The van der Waals surface area contributed by atoms with E-state index < -0.39 is 0 Å². The van der Waals surface area contributed by atoms with Crippen molar-refractivity contribution in [3.63, 3.8) is 0 Å². The molecule has 5 heteroatoms. The zero-order chi connectivity index (χ0) is 11.4. The fraction of sp³-hybridized carbons (Fsp3) is 0.273. The Balaban J connectivity index is 2.15. The molecule has 0 saturated heterocycles. The Morgan fingerprint density at radius 2 is 2.06 bits per heavy atom. The number of rotatable bonds is 4. The predicted molar refractivity (Wildman–Crippen MR) is 69.3 cm³/mol. The summed E-state index contributed by atoms with van der Waals surface area (Å²) in [5, 5.41) is 3.95. The van der Waals surface area contributed by atoms with Gasteiger partial charge in [0.05, 0.1) is 5.75 Å². The number of nitrogens with zero attached hydrogens (tertiary/aromatic N) is 2. The lowest BCUT2D eigenvalue weighted by Crippen LogP contribution is -1.82. The fourth-order valence-electron chi connectivity index (χ4n) is 1.22. The topological polar surface area (TPSA) is 38.9 Å². The van der Waals surface area contributed by atoms with E-state index in [1.54, 1.807) is 11.8 Å². The molecule has 0 N–H and O–H groups in total. The Bertz CT molecular complexity index is 455. The lowest BCUT2D eigenvalue weighted by Gasteiger charge is -1.93. The molecule has 0 atom stereocenters. The van der Waals surface area contributed by atoms with E-state index in [1.165, 1.54) is 0 Å². The van der Waals surface area contributed by atoms with Crippen LogP contribution in [-0.4, -0.2) is 15.9 Å². The molecule has 0 spiro atoms. The third-order valence-electron chi connectivity index (χ3n) is 2.00. The lowest BCUT2D eigenvalue weighted by molar-refractivity contribution is 0.391. The highest BCUT2D eigenvalue weighted by Gasteiger charge is 2.07. The molecular weight excluding hydrogens is 288 g/mol. The average molecular weight is 299 g/mol. The van der Waals surface area contributed by atoms with Crippen LogP contribution in [0.25, 0.3) is 11.4 Å². The van der Waals surface area contributed by atoms with Crippen LogP contribution in [0.3, 0.4) is 0 Å². The largest absolute Gasteiger partial charge is 0.338 e. The number of benzene rings is 1. The fourth-order valence-corrected chi connectivity index (χ4v) is 1.98. The maximum Gasteiger partial charge on any atom is 0.236 e. The van der Waals surface area contributed by atoms with E-state index in [0.717, 1.165) is 21.5 Å². The molecule has 1 aromatic carbocycles. The van der Waals surface area contributed by atoms with Crippen molar-refractivity contribution >= 4 is 27.7 Å².